The van der Waals surface area contributed by atoms with Crippen molar-refractivity contribution in [3.8, 4) is 17.2 Å². The zero-order chi connectivity index (χ0) is 17.5. The van der Waals surface area contributed by atoms with Gasteiger partial charge in [-0.2, -0.15) is 0 Å². The van der Waals surface area contributed by atoms with Gasteiger partial charge in [0.2, 0.25) is 5.75 Å². The van der Waals surface area contributed by atoms with Crippen molar-refractivity contribution in [1.29, 1.82) is 0 Å². The lowest BCUT2D eigenvalue weighted by Gasteiger charge is -2.23. The molecule has 2 N–H and O–H groups in total. The van der Waals surface area contributed by atoms with Crippen LogP contribution in [0, 0.1) is 5.92 Å². The van der Waals surface area contributed by atoms with E-state index in [-0.39, 0.29) is 6.61 Å². The number of nitrogens with zero attached hydrogens (tertiary/aromatic N) is 1. The number of amides is 1. The molecule has 1 aromatic carbocycles. The minimum atomic E-state index is -0.540. The fourth-order valence-corrected chi connectivity index (χ4v) is 2.79. The number of ether oxygens (including phenoxy) is 3. The predicted molar refractivity (Wildman–Crippen MR) is 92.5 cm³/mol. The van der Waals surface area contributed by atoms with Crippen molar-refractivity contribution in [2.24, 2.45) is 11.7 Å². The van der Waals surface area contributed by atoms with Crippen LogP contribution in [-0.2, 0) is 11.3 Å². The molecule has 24 heavy (non-hydrogen) atoms. The van der Waals surface area contributed by atoms with Gasteiger partial charge in [0, 0.05) is 13.1 Å². The van der Waals surface area contributed by atoms with Gasteiger partial charge in [-0.25, -0.2) is 0 Å². The Bertz CT molecular complexity index is 533. The molecule has 134 valence electrons. The molecule has 6 heteroatoms. The van der Waals surface area contributed by atoms with E-state index in [4.69, 9.17) is 19.9 Å². The lowest BCUT2D eigenvalue weighted by molar-refractivity contribution is -0.119. The summed E-state index contributed by atoms with van der Waals surface area (Å²) in [5.74, 6) is 1.81. The second-order valence-corrected chi connectivity index (χ2v) is 6.26. The van der Waals surface area contributed by atoms with Crippen LogP contribution in [0.2, 0.25) is 0 Å². The Balaban J connectivity index is 2.17. The maximum atomic E-state index is 11.0. The summed E-state index contributed by atoms with van der Waals surface area (Å²) >= 11 is 0. The Labute approximate surface area is 143 Å². The van der Waals surface area contributed by atoms with Crippen molar-refractivity contribution >= 4 is 5.91 Å². The van der Waals surface area contributed by atoms with Gasteiger partial charge in [0.25, 0.3) is 5.91 Å². The SMILES string of the molecule is CCCN(Cc1cc(OC)c(OCC(N)=O)c(OC)c1)CC1CC1. The molecule has 1 fully saturated rings. The van der Waals surface area contributed by atoms with Gasteiger partial charge in [0.1, 0.15) is 0 Å². The minimum absolute atomic E-state index is 0.213. The molecule has 0 radical (unpaired) electrons. The number of hydrogen-bond acceptors (Lipinski definition) is 5. The van der Waals surface area contributed by atoms with E-state index >= 15 is 0 Å². The van der Waals surface area contributed by atoms with Crippen molar-refractivity contribution in [1.82, 2.24) is 4.90 Å². The molecule has 0 aliphatic heterocycles. The summed E-state index contributed by atoms with van der Waals surface area (Å²) in [6.07, 6.45) is 3.81. The minimum Gasteiger partial charge on any atom is -0.493 e. The molecule has 0 bridgehead atoms. The van der Waals surface area contributed by atoms with Crippen LogP contribution in [0.4, 0.5) is 0 Å². The Morgan fingerprint density at radius 3 is 2.33 bits per heavy atom. The summed E-state index contributed by atoms with van der Waals surface area (Å²) in [5, 5.41) is 0. The van der Waals surface area contributed by atoms with E-state index in [2.05, 4.69) is 11.8 Å². The highest BCUT2D eigenvalue weighted by atomic mass is 16.5. The third-order valence-corrected chi connectivity index (χ3v) is 4.04. The monoisotopic (exact) mass is 336 g/mol. The largest absolute Gasteiger partial charge is 0.493 e. The number of benzene rings is 1. The third kappa shape index (κ3) is 5.30. The first-order chi connectivity index (χ1) is 11.6. The molecule has 0 unspecified atom stereocenters. The standard InChI is InChI=1S/C18H28N2O4/c1-4-7-20(10-13-5-6-13)11-14-8-15(22-2)18(16(9-14)23-3)24-12-17(19)21/h8-9,13H,4-7,10-12H2,1-3H3,(H2,19,21). The van der Waals surface area contributed by atoms with Gasteiger partial charge < -0.3 is 19.9 Å². The van der Waals surface area contributed by atoms with E-state index in [1.165, 1.54) is 12.8 Å². The van der Waals surface area contributed by atoms with Crippen molar-refractivity contribution < 1.29 is 19.0 Å². The van der Waals surface area contributed by atoms with Gasteiger partial charge in [-0.1, -0.05) is 6.92 Å². The topological polar surface area (TPSA) is 74.0 Å². The van der Waals surface area contributed by atoms with Gasteiger partial charge in [0.15, 0.2) is 18.1 Å². The first-order valence-corrected chi connectivity index (χ1v) is 8.45. The van der Waals surface area contributed by atoms with Crippen LogP contribution in [0.5, 0.6) is 17.2 Å². The maximum Gasteiger partial charge on any atom is 0.255 e. The van der Waals surface area contributed by atoms with Crippen molar-refractivity contribution in [2.75, 3.05) is 33.9 Å². The summed E-state index contributed by atoms with van der Waals surface area (Å²) in [6.45, 7) is 5.03. The average molecular weight is 336 g/mol. The number of primary amides is 1. The summed E-state index contributed by atoms with van der Waals surface area (Å²) in [6, 6.07) is 3.88. The second-order valence-electron chi connectivity index (χ2n) is 6.26. The Morgan fingerprint density at radius 1 is 1.25 bits per heavy atom. The highest BCUT2D eigenvalue weighted by Gasteiger charge is 2.24. The third-order valence-electron chi connectivity index (χ3n) is 4.04. The maximum absolute atomic E-state index is 11.0. The summed E-state index contributed by atoms with van der Waals surface area (Å²) in [7, 11) is 3.15. The quantitative estimate of drug-likeness (QED) is 0.670. The molecule has 2 rings (SSSR count). The highest BCUT2D eigenvalue weighted by molar-refractivity contribution is 5.75. The van der Waals surface area contributed by atoms with Crippen LogP contribution in [-0.4, -0.2) is 44.7 Å². The van der Waals surface area contributed by atoms with Crippen molar-refractivity contribution in [3.05, 3.63) is 17.7 Å². The Kier molecular flexibility index (Phi) is 6.73. The fraction of sp³-hybridized carbons (Fsp3) is 0.611. The van der Waals surface area contributed by atoms with Crippen LogP contribution in [0.3, 0.4) is 0 Å². The van der Waals surface area contributed by atoms with Crippen LogP contribution >= 0.6 is 0 Å². The number of rotatable bonds is 11. The van der Waals surface area contributed by atoms with E-state index in [9.17, 15) is 4.79 Å². The molecule has 1 saturated carbocycles. The molecule has 1 aliphatic carbocycles. The molecular weight excluding hydrogens is 308 g/mol. The van der Waals surface area contributed by atoms with E-state index in [1.54, 1.807) is 14.2 Å². The number of carbonyl (C=O) groups excluding carboxylic acids is 1. The zero-order valence-electron chi connectivity index (χ0n) is 14.8. The highest BCUT2D eigenvalue weighted by Crippen LogP contribution is 2.39. The van der Waals surface area contributed by atoms with Gasteiger partial charge in [-0.3, -0.25) is 9.69 Å². The van der Waals surface area contributed by atoms with E-state index in [1.807, 2.05) is 12.1 Å². The van der Waals surface area contributed by atoms with Crippen molar-refractivity contribution in [3.63, 3.8) is 0 Å². The molecule has 0 aromatic heterocycles. The zero-order valence-corrected chi connectivity index (χ0v) is 14.8. The van der Waals surface area contributed by atoms with E-state index < -0.39 is 5.91 Å². The molecule has 0 spiro atoms. The van der Waals surface area contributed by atoms with Gasteiger partial charge in [0.05, 0.1) is 14.2 Å². The Hall–Kier alpha value is -1.95. The number of methoxy groups -OCH3 is 2. The van der Waals surface area contributed by atoms with Crippen LogP contribution in [0.1, 0.15) is 31.7 Å². The van der Waals surface area contributed by atoms with Crippen LogP contribution in [0.25, 0.3) is 0 Å². The normalized spacial score (nSPS) is 13.8. The lowest BCUT2D eigenvalue weighted by Crippen LogP contribution is -2.26. The first kappa shape index (κ1) is 18.4. The smallest absolute Gasteiger partial charge is 0.255 e. The number of carbonyl (C=O) groups is 1. The molecule has 1 aliphatic rings. The molecular formula is C18H28N2O4. The lowest BCUT2D eigenvalue weighted by atomic mass is 10.1. The molecule has 1 aromatic rings. The molecule has 6 nitrogen and oxygen atoms in total. The summed E-state index contributed by atoms with van der Waals surface area (Å²) in [5.41, 5.74) is 6.25. The summed E-state index contributed by atoms with van der Waals surface area (Å²) in [4.78, 5) is 13.4. The van der Waals surface area contributed by atoms with Crippen LogP contribution in [0.15, 0.2) is 12.1 Å². The average Bonchev–Trinajstić information content (AvgIpc) is 3.36. The molecule has 1 amide bonds. The molecule has 0 heterocycles. The van der Waals surface area contributed by atoms with Gasteiger partial charge >= 0.3 is 0 Å². The van der Waals surface area contributed by atoms with Crippen molar-refractivity contribution in [2.45, 2.75) is 32.7 Å². The summed E-state index contributed by atoms with van der Waals surface area (Å²) < 4.78 is 16.3. The van der Waals surface area contributed by atoms with E-state index in [0.717, 1.165) is 37.5 Å². The number of nitrogens with two attached hydrogens (primary N) is 1. The second kappa shape index (κ2) is 8.78. The fourth-order valence-electron chi connectivity index (χ4n) is 2.79. The molecule has 0 saturated heterocycles. The van der Waals surface area contributed by atoms with Crippen LogP contribution < -0.4 is 19.9 Å². The van der Waals surface area contributed by atoms with Gasteiger partial charge in [-0.05, 0) is 49.4 Å². The van der Waals surface area contributed by atoms with Gasteiger partial charge in [-0.15, -0.1) is 0 Å². The van der Waals surface area contributed by atoms with E-state index in [0.29, 0.717) is 17.2 Å². The Morgan fingerprint density at radius 2 is 1.88 bits per heavy atom. The predicted octanol–water partition coefficient (Wildman–Crippen LogP) is 2.19. The first-order valence-electron chi connectivity index (χ1n) is 8.45. The molecule has 0 atom stereocenters. The number of hydrogen-bond donors (Lipinski definition) is 1.